The summed E-state index contributed by atoms with van der Waals surface area (Å²) in [4.78, 5) is 37.1. The van der Waals surface area contributed by atoms with Gasteiger partial charge in [-0.1, -0.05) is 17.7 Å². The lowest BCUT2D eigenvalue weighted by Crippen LogP contribution is -2.24. The molecule has 0 spiro atoms. The van der Waals surface area contributed by atoms with E-state index in [4.69, 9.17) is 21.4 Å². The number of aromatic carboxylic acids is 1. The third kappa shape index (κ3) is 5.42. The Balaban J connectivity index is 1.70. The van der Waals surface area contributed by atoms with Gasteiger partial charge in [-0.15, -0.1) is 11.3 Å². The van der Waals surface area contributed by atoms with Crippen LogP contribution < -0.4 is 15.4 Å². The van der Waals surface area contributed by atoms with Crippen molar-refractivity contribution in [2.75, 3.05) is 12.4 Å². The Hall–Kier alpha value is -3.36. The topological polar surface area (TPSA) is 105 Å². The van der Waals surface area contributed by atoms with Crippen LogP contribution in [0.5, 0.6) is 5.75 Å². The molecule has 0 atom stereocenters. The lowest BCUT2D eigenvalue weighted by atomic mass is 10.1. The Morgan fingerprint density at radius 3 is 2.32 bits per heavy atom. The fourth-order valence-electron chi connectivity index (χ4n) is 2.81. The summed E-state index contributed by atoms with van der Waals surface area (Å²) in [5.41, 5.74) is 1.52. The van der Waals surface area contributed by atoms with Gasteiger partial charge < -0.3 is 20.5 Å². The Morgan fingerprint density at radius 2 is 1.71 bits per heavy atom. The number of carboxylic acids is 1. The maximum atomic E-state index is 12.7. The largest absolute Gasteiger partial charge is 0.495 e. The summed E-state index contributed by atoms with van der Waals surface area (Å²) in [6, 6.07) is 12.5. The summed E-state index contributed by atoms with van der Waals surface area (Å²) >= 11 is 7.40. The number of thiophene rings is 1. The van der Waals surface area contributed by atoms with E-state index in [2.05, 4.69) is 10.6 Å². The number of rotatable bonds is 7. The lowest BCUT2D eigenvalue weighted by molar-refractivity contribution is 0.0696. The van der Waals surface area contributed by atoms with Gasteiger partial charge in [-0.05, 0) is 55.0 Å². The molecule has 0 aliphatic heterocycles. The number of carbonyl (C=O) groups is 3. The fourth-order valence-corrected chi connectivity index (χ4v) is 4.00. The molecule has 0 unspecified atom stereocenters. The van der Waals surface area contributed by atoms with Crippen molar-refractivity contribution in [2.45, 2.75) is 13.5 Å². The Labute approximate surface area is 187 Å². The minimum Gasteiger partial charge on any atom is -0.495 e. The molecule has 31 heavy (non-hydrogen) atoms. The molecule has 0 saturated carbocycles. The van der Waals surface area contributed by atoms with Gasteiger partial charge in [0.15, 0.2) is 0 Å². The molecule has 0 fully saturated rings. The third-order valence-corrected chi connectivity index (χ3v) is 5.65. The van der Waals surface area contributed by atoms with E-state index in [1.807, 2.05) is 6.92 Å². The predicted octanol–water partition coefficient (Wildman–Crippen LogP) is 4.60. The van der Waals surface area contributed by atoms with Crippen molar-refractivity contribution < 1.29 is 24.2 Å². The van der Waals surface area contributed by atoms with E-state index >= 15 is 0 Å². The van der Waals surface area contributed by atoms with Gasteiger partial charge in [0.05, 0.1) is 23.3 Å². The molecule has 1 aromatic heterocycles. The molecular weight excluding hydrogens is 440 g/mol. The second-order valence-corrected chi connectivity index (χ2v) is 8.25. The minimum atomic E-state index is -1.07. The second kappa shape index (κ2) is 9.63. The molecule has 2 aromatic carbocycles. The van der Waals surface area contributed by atoms with Crippen molar-refractivity contribution in [2.24, 2.45) is 0 Å². The van der Waals surface area contributed by atoms with Crippen molar-refractivity contribution in [3.63, 3.8) is 0 Å². The molecule has 3 N–H and O–H groups in total. The van der Waals surface area contributed by atoms with Crippen molar-refractivity contribution in [1.82, 2.24) is 5.32 Å². The van der Waals surface area contributed by atoms with E-state index in [1.165, 1.54) is 42.7 Å². The first-order chi connectivity index (χ1) is 14.8. The van der Waals surface area contributed by atoms with Gasteiger partial charge >= 0.3 is 5.97 Å². The zero-order chi connectivity index (χ0) is 22.5. The van der Waals surface area contributed by atoms with Crippen molar-refractivity contribution in [1.29, 1.82) is 0 Å². The normalized spacial score (nSPS) is 10.4. The summed E-state index contributed by atoms with van der Waals surface area (Å²) in [5.74, 6) is -1.30. The number of hydrogen-bond acceptors (Lipinski definition) is 5. The van der Waals surface area contributed by atoms with Gasteiger partial charge in [0.2, 0.25) is 0 Å². The summed E-state index contributed by atoms with van der Waals surface area (Å²) in [7, 11) is 1.53. The number of methoxy groups -OCH3 is 1. The van der Waals surface area contributed by atoms with Gasteiger partial charge in [-0.3, -0.25) is 9.59 Å². The van der Waals surface area contributed by atoms with Crippen LogP contribution in [0.2, 0.25) is 5.02 Å². The quantitative estimate of drug-likeness (QED) is 0.480. The van der Waals surface area contributed by atoms with E-state index in [-0.39, 0.29) is 23.6 Å². The maximum absolute atomic E-state index is 12.7. The SMILES string of the molecule is COc1ccc(CNC(=O)c2cc(C)sc2NC(=O)c2ccc(C(=O)O)cc2)cc1Cl. The molecule has 0 aliphatic carbocycles. The number of carbonyl (C=O) groups excluding carboxylic acids is 2. The zero-order valence-electron chi connectivity index (χ0n) is 16.7. The molecule has 3 rings (SSSR count). The molecule has 1 heterocycles. The molecule has 0 saturated heterocycles. The van der Waals surface area contributed by atoms with Crippen LogP contribution in [0.25, 0.3) is 0 Å². The Kier molecular flexibility index (Phi) is 6.94. The van der Waals surface area contributed by atoms with Crippen LogP contribution in [-0.4, -0.2) is 30.0 Å². The number of carboxylic acid groups (broad SMARTS) is 1. The highest BCUT2D eigenvalue weighted by atomic mass is 35.5. The average Bonchev–Trinajstić information content (AvgIpc) is 3.12. The zero-order valence-corrected chi connectivity index (χ0v) is 18.3. The van der Waals surface area contributed by atoms with Gasteiger partial charge in [-0.2, -0.15) is 0 Å². The molecule has 160 valence electrons. The van der Waals surface area contributed by atoms with Crippen LogP contribution in [0.1, 0.15) is 41.5 Å². The van der Waals surface area contributed by atoms with E-state index in [0.717, 1.165) is 10.4 Å². The average molecular weight is 459 g/mol. The summed E-state index contributed by atoms with van der Waals surface area (Å²) in [5, 5.41) is 15.4. The standard InChI is InChI=1S/C22H19ClN2O5S/c1-12-9-16(20(27)24-11-13-3-8-18(30-2)17(23)10-13)21(31-12)25-19(26)14-4-6-15(7-5-14)22(28)29/h3-10H,11H2,1-2H3,(H,24,27)(H,25,26)(H,28,29). The molecule has 0 radical (unpaired) electrons. The first kappa shape index (κ1) is 22.3. The number of ether oxygens (including phenoxy) is 1. The number of hydrogen-bond donors (Lipinski definition) is 3. The summed E-state index contributed by atoms with van der Waals surface area (Å²) < 4.78 is 5.12. The van der Waals surface area contributed by atoms with Crippen molar-refractivity contribution >= 4 is 45.7 Å². The van der Waals surface area contributed by atoms with E-state index < -0.39 is 11.9 Å². The molecule has 9 heteroatoms. The first-order valence-corrected chi connectivity index (χ1v) is 10.3. The van der Waals surface area contributed by atoms with Crippen LogP contribution in [0.15, 0.2) is 48.5 Å². The first-order valence-electron chi connectivity index (χ1n) is 9.14. The number of halogens is 1. The van der Waals surface area contributed by atoms with Gasteiger partial charge in [-0.25, -0.2) is 4.79 Å². The van der Waals surface area contributed by atoms with Crippen molar-refractivity contribution in [3.8, 4) is 5.75 Å². The smallest absolute Gasteiger partial charge is 0.335 e. The summed E-state index contributed by atoms with van der Waals surface area (Å²) in [6.45, 7) is 2.09. The third-order valence-electron chi connectivity index (χ3n) is 4.39. The lowest BCUT2D eigenvalue weighted by Gasteiger charge is -2.09. The van der Waals surface area contributed by atoms with Crippen LogP contribution in [-0.2, 0) is 6.54 Å². The Bertz CT molecular complexity index is 1140. The van der Waals surface area contributed by atoms with Crippen LogP contribution in [0.3, 0.4) is 0 Å². The molecule has 3 aromatic rings. The predicted molar refractivity (Wildman–Crippen MR) is 120 cm³/mol. The van der Waals surface area contributed by atoms with E-state index in [0.29, 0.717) is 21.3 Å². The highest BCUT2D eigenvalue weighted by Gasteiger charge is 2.18. The van der Waals surface area contributed by atoms with Crippen LogP contribution in [0, 0.1) is 6.92 Å². The highest BCUT2D eigenvalue weighted by Crippen LogP contribution is 2.29. The highest BCUT2D eigenvalue weighted by molar-refractivity contribution is 7.16. The number of nitrogens with one attached hydrogen (secondary N) is 2. The molecule has 0 bridgehead atoms. The molecule has 2 amide bonds. The molecule has 7 nitrogen and oxygen atoms in total. The minimum absolute atomic E-state index is 0.0854. The van der Waals surface area contributed by atoms with Crippen LogP contribution >= 0.6 is 22.9 Å². The van der Waals surface area contributed by atoms with E-state index in [9.17, 15) is 14.4 Å². The number of aryl methyl sites for hydroxylation is 1. The second-order valence-electron chi connectivity index (χ2n) is 6.59. The number of amides is 2. The van der Waals surface area contributed by atoms with Gasteiger partial charge in [0.25, 0.3) is 11.8 Å². The Morgan fingerprint density at radius 1 is 1.03 bits per heavy atom. The maximum Gasteiger partial charge on any atom is 0.335 e. The van der Waals surface area contributed by atoms with Crippen molar-refractivity contribution in [3.05, 3.63) is 80.7 Å². The number of anilines is 1. The molecule has 0 aliphatic rings. The van der Waals surface area contributed by atoms with E-state index in [1.54, 1.807) is 24.3 Å². The monoisotopic (exact) mass is 458 g/mol. The molecular formula is C22H19ClN2O5S. The fraction of sp³-hybridized carbons (Fsp3) is 0.136. The van der Waals surface area contributed by atoms with Gasteiger partial charge in [0, 0.05) is 17.0 Å². The van der Waals surface area contributed by atoms with Gasteiger partial charge in [0.1, 0.15) is 10.8 Å². The summed E-state index contributed by atoms with van der Waals surface area (Å²) in [6.07, 6.45) is 0. The number of benzene rings is 2. The van der Waals surface area contributed by atoms with Crippen LogP contribution in [0.4, 0.5) is 5.00 Å².